The van der Waals surface area contributed by atoms with Crippen LogP contribution in [0, 0.1) is 0 Å². The second kappa shape index (κ2) is 7.86. The Labute approximate surface area is 155 Å². The molecule has 0 saturated carbocycles. The van der Waals surface area contributed by atoms with Crippen LogP contribution in [0.2, 0.25) is 0 Å². The number of carbonyl (C=O) groups excluding carboxylic acids is 1. The molecule has 0 aliphatic heterocycles. The summed E-state index contributed by atoms with van der Waals surface area (Å²) in [5.41, 5.74) is -0.473. The van der Waals surface area contributed by atoms with Crippen molar-refractivity contribution in [1.29, 1.82) is 0 Å². The zero-order valence-corrected chi connectivity index (χ0v) is 14.1. The Morgan fingerprint density at radius 3 is 1.69 bits per heavy atom. The maximum absolute atomic E-state index is 13.9. The minimum Gasteiger partial charge on any atom is -0.497 e. The SMILES string of the molecule is COc1ccc(C(CC(F)(F)C(F)(F)C(F)(F)C(F)(F)C(F)(F)F)OC=O)cc1. The van der Waals surface area contributed by atoms with Crippen LogP contribution in [-0.2, 0) is 9.53 Å². The van der Waals surface area contributed by atoms with Crippen LogP contribution < -0.4 is 4.74 Å². The van der Waals surface area contributed by atoms with Gasteiger partial charge in [0.2, 0.25) is 0 Å². The molecule has 1 unspecified atom stereocenters. The van der Waals surface area contributed by atoms with Gasteiger partial charge in [0.05, 0.1) is 13.5 Å². The first kappa shape index (κ1) is 24.8. The van der Waals surface area contributed by atoms with Gasteiger partial charge < -0.3 is 9.47 Å². The first-order valence-electron chi connectivity index (χ1n) is 7.27. The molecule has 0 aliphatic rings. The lowest BCUT2D eigenvalue weighted by molar-refractivity contribution is -0.423. The molecule has 0 bridgehead atoms. The third kappa shape index (κ3) is 4.34. The second-order valence-corrected chi connectivity index (χ2v) is 5.62. The molecule has 0 saturated heterocycles. The lowest BCUT2D eigenvalue weighted by atomic mass is 9.92. The molecule has 1 rings (SSSR count). The normalized spacial score (nSPS) is 15.0. The predicted octanol–water partition coefficient (Wildman–Crippen LogP) is 5.40. The second-order valence-electron chi connectivity index (χ2n) is 5.62. The van der Waals surface area contributed by atoms with Gasteiger partial charge >= 0.3 is 29.9 Å². The maximum Gasteiger partial charge on any atom is 0.460 e. The molecule has 0 aliphatic carbocycles. The number of hydrogen-bond acceptors (Lipinski definition) is 3. The van der Waals surface area contributed by atoms with E-state index >= 15 is 0 Å². The van der Waals surface area contributed by atoms with Crippen LogP contribution in [0.1, 0.15) is 18.1 Å². The highest BCUT2D eigenvalue weighted by atomic mass is 19.4. The van der Waals surface area contributed by atoms with Crippen molar-refractivity contribution >= 4 is 6.47 Å². The van der Waals surface area contributed by atoms with Gasteiger partial charge in [-0.1, -0.05) is 12.1 Å². The molecule has 0 fully saturated rings. The largest absolute Gasteiger partial charge is 0.497 e. The van der Waals surface area contributed by atoms with E-state index in [2.05, 4.69) is 4.74 Å². The Kier molecular flexibility index (Phi) is 6.71. The van der Waals surface area contributed by atoms with E-state index in [1.165, 1.54) is 7.11 Å². The summed E-state index contributed by atoms with van der Waals surface area (Å²) in [5.74, 6) is -28.2. The number of benzene rings is 1. The molecular weight excluding hydrogens is 437 g/mol. The molecule has 1 aromatic rings. The van der Waals surface area contributed by atoms with Gasteiger partial charge in [-0.15, -0.1) is 0 Å². The molecular formula is C15H11F11O3. The molecule has 0 amide bonds. The van der Waals surface area contributed by atoms with Gasteiger partial charge in [0.25, 0.3) is 6.47 Å². The number of methoxy groups -OCH3 is 1. The van der Waals surface area contributed by atoms with Gasteiger partial charge in [0, 0.05) is 0 Å². The van der Waals surface area contributed by atoms with Crippen molar-refractivity contribution in [2.45, 2.75) is 42.4 Å². The highest BCUT2D eigenvalue weighted by Crippen LogP contribution is 2.58. The molecule has 1 atom stereocenters. The molecule has 3 nitrogen and oxygen atoms in total. The lowest BCUT2D eigenvalue weighted by Crippen LogP contribution is -2.66. The topological polar surface area (TPSA) is 35.5 Å². The van der Waals surface area contributed by atoms with Crippen LogP contribution in [0.4, 0.5) is 48.3 Å². The number of halogens is 11. The summed E-state index contributed by atoms with van der Waals surface area (Å²) in [7, 11) is 1.19. The third-order valence-electron chi connectivity index (χ3n) is 3.75. The highest BCUT2D eigenvalue weighted by Gasteiger charge is 2.87. The summed E-state index contributed by atoms with van der Waals surface area (Å²) in [4.78, 5) is 10.4. The van der Waals surface area contributed by atoms with Crippen molar-refractivity contribution in [3.05, 3.63) is 29.8 Å². The monoisotopic (exact) mass is 448 g/mol. The number of hydrogen-bond donors (Lipinski definition) is 0. The maximum atomic E-state index is 13.9. The van der Waals surface area contributed by atoms with Crippen molar-refractivity contribution in [1.82, 2.24) is 0 Å². The Morgan fingerprint density at radius 2 is 1.31 bits per heavy atom. The van der Waals surface area contributed by atoms with E-state index in [1.54, 1.807) is 0 Å². The molecule has 29 heavy (non-hydrogen) atoms. The van der Waals surface area contributed by atoms with Crippen molar-refractivity contribution < 1.29 is 62.6 Å². The molecule has 0 aromatic heterocycles. The van der Waals surface area contributed by atoms with Crippen LogP contribution in [0.5, 0.6) is 5.75 Å². The lowest BCUT2D eigenvalue weighted by Gasteiger charge is -2.38. The van der Waals surface area contributed by atoms with Crippen molar-refractivity contribution in [2.75, 3.05) is 7.11 Å². The Hall–Kier alpha value is -2.28. The molecule has 0 heterocycles. The van der Waals surface area contributed by atoms with Crippen molar-refractivity contribution in [3.8, 4) is 5.75 Å². The van der Waals surface area contributed by atoms with Gasteiger partial charge in [0.15, 0.2) is 0 Å². The number of carbonyl (C=O) groups is 1. The molecule has 0 radical (unpaired) electrons. The van der Waals surface area contributed by atoms with E-state index in [9.17, 15) is 53.1 Å². The van der Waals surface area contributed by atoms with Crippen molar-refractivity contribution in [2.24, 2.45) is 0 Å². The van der Waals surface area contributed by atoms with E-state index in [0.29, 0.717) is 0 Å². The summed E-state index contributed by atoms with van der Waals surface area (Å²) in [5, 5.41) is 0. The van der Waals surface area contributed by atoms with Crippen LogP contribution in [0.15, 0.2) is 24.3 Å². The van der Waals surface area contributed by atoms with E-state index < -0.39 is 54.4 Å². The first-order chi connectivity index (χ1) is 13.0. The molecule has 0 spiro atoms. The van der Waals surface area contributed by atoms with Gasteiger partial charge in [-0.2, -0.15) is 48.3 Å². The van der Waals surface area contributed by atoms with Crippen molar-refractivity contribution in [3.63, 3.8) is 0 Å². The fourth-order valence-electron chi connectivity index (χ4n) is 2.10. The summed E-state index contributed by atoms with van der Waals surface area (Å²) in [6.45, 7) is -0.522. The van der Waals surface area contributed by atoms with E-state index in [-0.39, 0.29) is 5.75 Å². The van der Waals surface area contributed by atoms with Gasteiger partial charge in [-0.3, -0.25) is 4.79 Å². The number of alkyl halides is 11. The van der Waals surface area contributed by atoms with E-state index in [0.717, 1.165) is 24.3 Å². The zero-order valence-electron chi connectivity index (χ0n) is 14.1. The van der Waals surface area contributed by atoms with E-state index in [4.69, 9.17) is 4.74 Å². The molecule has 1 aromatic carbocycles. The molecule has 0 N–H and O–H groups in total. The standard InChI is InChI=1S/C15H11F11O3/c1-28-9-4-2-8(3-5-9)10(29-7-27)6-11(16,17)12(18,19)13(20,21)14(22,23)15(24,25)26/h2-5,7,10H,6H2,1H3. The van der Waals surface area contributed by atoms with Crippen LogP contribution in [-0.4, -0.2) is 43.4 Å². The average Bonchev–Trinajstić information content (AvgIpc) is 2.59. The van der Waals surface area contributed by atoms with Crippen LogP contribution >= 0.6 is 0 Å². The summed E-state index contributed by atoms with van der Waals surface area (Å²) in [6, 6.07) is 3.92. The summed E-state index contributed by atoms with van der Waals surface area (Å²) < 4.78 is 152. The van der Waals surface area contributed by atoms with Crippen LogP contribution in [0.25, 0.3) is 0 Å². The number of ether oxygens (including phenoxy) is 2. The summed E-state index contributed by atoms with van der Waals surface area (Å²) >= 11 is 0. The fraction of sp³-hybridized carbons (Fsp3) is 0.533. The van der Waals surface area contributed by atoms with Gasteiger partial charge in [-0.05, 0) is 17.7 Å². The van der Waals surface area contributed by atoms with Gasteiger partial charge in [-0.25, -0.2) is 0 Å². The summed E-state index contributed by atoms with van der Waals surface area (Å²) in [6.07, 6.45) is -12.1. The molecule has 14 heteroatoms. The Balaban J connectivity index is 3.32. The minimum atomic E-state index is -7.52. The van der Waals surface area contributed by atoms with E-state index in [1.807, 2.05) is 0 Å². The fourth-order valence-corrected chi connectivity index (χ4v) is 2.10. The van der Waals surface area contributed by atoms with Gasteiger partial charge in [0.1, 0.15) is 11.9 Å². The average molecular weight is 448 g/mol. The smallest absolute Gasteiger partial charge is 0.460 e. The predicted molar refractivity (Wildman–Crippen MR) is 73.3 cm³/mol. The third-order valence-corrected chi connectivity index (χ3v) is 3.75. The first-order valence-corrected chi connectivity index (χ1v) is 7.27. The van der Waals surface area contributed by atoms with Crippen LogP contribution in [0.3, 0.4) is 0 Å². The highest BCUT2D eigenvalue weighted by molar-refractivity contribution is 5.39. The Bertz CT molecular complexity index is 698. The zero-order chi connectivity index (χ0) is 22.9. The molecule has 166 valence electrons. The Morgan fingerprint density at radius 1 is 0.828 bits per heavy atom. The number of rotatable bonds is 9. The quantitative estimate of drug-likeness (QED) is 0.375. The minimum absolute atomic E-state index is 0.118.